The molecule has 1 N–H and O–H groups in total. The summed E-state index contributed by atoms with van der Waals surface area (Å²) in [6.45, 7) is 5.46. The first-order valence-electron chi connectivity index (χ1n) is 8.63. The largest absolute Gasteiger partial charge is 0.381 e. The number of morpholine rings is 1. The van der Waals surface area contributed by atoms with Crippen LogP contribution in [-0.4, -0.2) is 62.9 Å². The molecule has 2 unspecified atom stereocenters. The van der Waals surface area contributed by atoms with Crippen LogP contribution in [0, 0.1) is 11.7 Å². The highest BCUT2D eigenvalue weighted by molar-refractivity contribution is 5.78. The Hall–Kier alpha value is -1.50. The summed E-state index contributed by atoms with van der Waals surface area (Å²) in [5.74, 6) is 0.140. The van der Waals surface area contributed by atoms with E-state index in [1.165, 1.54) is 12.1 Å². The highest BCUT2D eigenvalue weighted by Gasteiger charge is 2.31. The molecule has 24 heavy (non-hydrogen) atoms. The molecule has 0 spiro atoms. The lowest BCUT2D eigenvalue weighted by Crippen LogP contribution is -2.52. The van der Waals surface area contributed by atoms with Crippen LogP contribution < -0.4 is 5.32 Å². The smallest absolute Gasteiger partial charge is 0.224 e. The van der Waals surface area contributed by atoms with Crippen molar-refractivity contribution in [2.75, 3.05) is 46.1 Å². The van der Waals surface area contributed by atoms with Gasteiger partial charge in [0.2, 0.25) is 5.91 Å². The molecule has 0 aliphatic carbocycles. The number of hydrogen-bond acceptors (Lipinski definition) is 4. The van der Waals surface area contributed by atoms with Crippen LogP contribution in [0.15, 0.2) is 24.3 Å². The van der Waals surface area contributed by atoms with Crippen molar-refractivity contribution in [2.24, 2.45) is 5.92 Å². The second kappa shape index (κ2) is 8.55. The van der Waals surface area contributed by atoms with E-state index >= 15 is 0 Å². The lowest BCUT2D eigenvalue weighted by Gasteiger charge is -2.37. The maximum atomic E-state index is 12.9. The predicted octanol–water partition coefficient (Wildman–Crippen LogP) is 1.22. The third-order valence-electron chi connectivity index (χ3n) is 4.81. The van der Waals surface area contributed by atoms with Crippen LogP contribution in [0.25, 0.3) is 0 Å². The molecule has 132 valence electrons. The second-order valence-corrected chi connectivity index (χ2v) is 6.45. The van der Waals surface area contributed by atoms with Crippen LogP contribution in [0.4, 0.5) is 4.39 Å². The molecule has 1 aromatic rings. The molecular weight excluding hydrogens is 311 g/mol. The molecule has 2 aliphatic rings. The number of benzene rings is 1. The van der Waals surface area contributed by atoms with E-state index in [4.69, 9.17) is 9.47 Å². The molecule has 2 heterocycles. The third-order valence-corrected chi connectivity index (χ3v) is 4.81. The lowest BCUT2D eigenvalue weighted by atomic mass is 9.96. The maximum Gasteiger partial charge on any atom is 0.224 e. The van der Waals surface area contributed by atoms with Gasteiger partial charge in [0, 0.05) is 38.2 Å². The number of ether oxygens (including phenoxy) is 2. The lowest BCUT2D eigenvalue weighted by molar-refractivity contribution is -0.120. The molecular formula is C18H25FN2O3. The van der Waals surface area contributed by atoms with Gasteiger partial charge in [-0.15, -0.1) is 0 Å². The van der Waals surface area contributed by atoms with Gasteiger partial charge in [-0.1, -0.05) is 12.1 Å². The fourth-order valence-electron chi connectivity index (χ4n) is 3.43. The molecule has 6 heteroatoms. The summed E-state index contributed by atoms with van der Waals surface area (Å²) in [5, 5.41) is 3.05. The van der Waals surface area contributed by atoms with Gasteiger partial charge >= 0.3 is 0 Å². The van der Waals surface area contributed by atoms with Crippen LogP contribution in [0.1, 0.15) is 12.0 Å². The zero-order chi connectivity index (χ0) is 16.8. The van der Waals surface area contributed by atoms with Crippen molar-refractivity contribution >= 4 is 5.91 Å². The van der Waals surface area contributed by atoms with E-state index in [1.807, 2.05) is 0 Å². The maximum absolute atomic E-state index is 12.9. The number of carbonyl (C=O) groups excluding carboxylic acids is 1. The van der Waals surface area contributed by atoms with Crippen molar-refractivity contribution in [1.29, 1.82) is 0 Å². The van der Waals surface area contributed by atoms with Gasteiger partial charge < -0.3 is 14.8 Å². The Morgan fingerprint density at radius 2 is 1.96 bits per heavy atom. The van der Waals surface area contributed by atoms with Gasteiger partial charge in [-0.25, -0.2) is 4.39 Å². The molecule has 2 saturated heterocycles. The Morgan fingerprint density at radius 1 is 1.21 bits per heavy atom. The van der Waals surface area contributed by atoms with Crippen LogP contribution in [0.2, 0.25) is 0 Å². The third kappa shape index (κ3) is 4.75. The van der Waals surface area contributed by atoms with E-state index in [9.17, 15) is 9.18 Å². The van der Waals surface area contributed by atoms with Crippen LogP contribution in [-0.2, 0) is 20.7 Å². The molecule has 3 rings (SSSR count). The Morgan fingerprint density at radius 3 is 2.62 bits per heavy atom. The standard InChI is InChI=1S/C18H25FN2O3/c19-16-3-1-14(2-4-16)11-18(22)20-12-17(15-5-8-24-13-15)21-6-9-23-10-7-21/h1-4,15,17H,5-13H2,(H,20,22). The highest BCUT2D eigenvalue weighted by Crippen LogP contribution is 2.21. The predicted molar refractivity (Wildman–Crippen MR) is 88.2 cm³/mol. The minimum atomic E-state index is -0.284. The zero-order valence-electron chi connectivity index (χ0n) is 13.9. The van der Waals surface area contributed by atoms with Crippen molar-refractivity contribution in [3.05, 3.63) is 35.6 Å². The molecule has 0 bridgehead atoms. The van der Waals surface area contributed by atoms with E-state index in [2.05, 4.69) is 10.2 Å². The molecule has 2 aliphatic heterocycles. The number of nitrogens with one attached hydrogen (secondary N) is 1. The number of amides is 1. The number of carbonyl (C=O) groups is 1. The average Bonchev–Trinajstić information content (AvgIpc) is 3.12. The minimum Gasteiger partial charge on any atom is -0.381 e. The van der Waals surface area contributed by atoms with Crippen molar-refractivity contribution < 1.29 is 18.7 Å². The van der Waals surface area contributed by atoms with E-state index in [0.29, 0.717) is 12.5 Å². The Balaban J connectivity index is 1.53. The Bertz CT molecular complexity index is 526. The number of rotatable bonds is 6. The van der Waals surface area contributed by atoms with Gasteiger partial charge in [-0.2, -0.15) is 0 Å². The molecule has 1 amide bonds. The Labute approximate surface area is 142 Å². The highest BCUT2D eigenvalue weighted by atomic mass is 19.1. The number of nitrogens with zero attached hydrogens (tertiary/aromatic N) is 1. The fourth-order valence-corrected chi connectivity index (χ4v) is 3.43. The van der Waals surface area contributed by atoms with E-state index < -0.39 is 0 Å². The van der Waals surface area contributed by atoms with Gasteiger partial charge in [0.05, 0.1) is 26.2 Å². The molecule has 0 aromatic heterocycles. The average molecular weight is 336 g/mol. The summed E-state index contributed by atoms with van der Waals surface area (Å²) in [6.07, 6.45) is 1.31. The van der Waals surface area contributed by atoms with Gasteiger partial charge in [-0.3, -0.25) is 9.69 Å². The van der Waals surface area contributed by atoms with Gasteiger partial charge in [-0.05, 0) is 24.1 Å². The quantitative estimate of drug-likeness (QED) is 0.849. The molecule has 0 radical (unpaired) electrons. The van der Waals surface area contributed by atoms with E-state index in [-0.39, 0.29) is 24.2 Å². The molecule has 5 nitrogen and oxygen atoms in total. The summed E-state index contributed by atoms with van der Waals surface area (Å²) in [4.78, 5) is 14.6. The summed E-state index contributed by atoms with van der Waals surface area (Å²) >= 11 is 0. The van der Waals surface area contributed by atoms with Crippen LogP contribution in [0.5, 0.6) is 0 Å². The van der Waals surface area contributed by atoms with Gasteiger partial charge in [0.1, 0.15) is 5.82 Å². The summed E-state index contributed by atoms with van der Waals surface area (Å²) in [6, 6.07) is 6.36. The summed E-state index contributed by atoms with van der Waals surface area (Å²) < 4.78 is 23.9. The van der Waals surface area contributed by atoms with E-state index in [0.717, 1.165) is 51.5 Å². The summed E-state index contributed by atoms with van der Waals surface area (Å²) in [7, 11) is 0. The van der Waals surface area contributed by atoms with Crippen molar-refractivity contribution in [1.82, 2.24) is 10.2 Å². The van der Waals surface area contributed by atoms with Gasteiger partial charge in [0.25, 0.3) is 0 Å². The molecule has 0 saturated carbocycles. The Kier molecular flexibility index (Phi) is 6.18. The summed E-state index contributed by atoms with van der Waals surface area (Å²) in [5.41, 5.74) is 0.820. The van der Waals surface area contributed by atoms with Crippen molar-refractivity contribution in [3.63, 3.8) is 0 Å². The fraction of sp³-hybridized carbons (Fsp3) is 0.611. The molecule has 2 fully saturated rings. The van der Waals surface area contributed by atoms with Crippen molar-refractivity contribution in [2.45, 2.75) is 18.9 Å². The minimum absolute atomic E-state index is 0.0289. The number of halogens is 1. The number of hydrogen-bond donors (Lipinski definition) is 1. The topological polar surface area (TPSA) is 50.8 Å². The second-order valence-electron chi connectivity index (χ2n) is 6.45. The normalized spacial score (nSPS) is 23.1. The SMILES string of the molecule is O=C(Cc1ccc(F)cc1)NCC(C1CCOC1)N1CCOCC1. The first-order valence-corrected chi connectivity index (χ1v) is 8.63. The zero-order valence-corrected chi connectivity index (χ0v) is 13.9. The van der Waals surface area contributed by atoms with Crippen LogP contribution >= 0.6 is 0 Å². The van der Waals surface area contributed by atoms with Gasteiger partial charge in [0.15, 0.2) is 0 Å². The van der Waals surface area contributed by atoms with Crippen molar-refractivity contribution in [3.8, 4) is 0 Å². The molecule has 2 atom stereocenters. The monoisotopic (exact) mass is 336 g/mol. The van der Waals surface area contributed by atoms with Crippen LogP contribution in [0.3, 0.4) is 0 Å². The van der Waals surface area contributed by atoms with E-state index in [1.54, 1.807) is 12.1 Å². The molecule has 1 aromatic carbocycles. The first-order chi connectivity index (χ1) is 11.7. The first kappa shape index (κ1) is 17.3.